The summed E-state index contributed by atoms with van der Waals surface area (Å²) in [4.78, 5) is 1.40. The van der Waals surface area contributed by atoms with Crippen molar-refractivity contribution in [2.45, 2.75) is 6.43 Å². The maximum atomic E-state index is 12.8. The molecule has 1 N–H and O–H groups in total. The van der Waals surface area contributed by atoms with Gasteiger partial charge >= 0.3 is 0 Å². The Morgan fingerprint density at radius 1 is 1.25 bits per heavy atom. The maximum Gasteiger partial charge on any atom is 0.256 e. The highest BCUT2D eigenvalue weighted by atomic mass is 19.3. The van der Waals surface area contributed by atoms with Crippen LogP contribution in [-0.4, -0.2) is 23.0 Å². The number of hydrogen-bond donors (Lipinski definition) is 1. The number of halogens is 2. The lowest BCUT2D eigenvalue weighted by Crippen LogP contribution is -2.29. The Balaban J connectivity index is 2.44. The van der Waals surface area contributed by atoms with Crippen LogP contribution in [0.3, 0.4) is 0 Å². The second kappa shape index (κ2) is 5.62. The molecule has 0 saturated heterocycles. The summed E-state index contributed by atoms with van der Waals surface area (Å²) in [6.07, 6.45) is 6.18. The Hall–Kier alpha value is -2.54. The van der Waals surface area contributed by atoms with Crippen molar-refractivity contribution in [3.63, 3.8) is 0 Å². The third-order valence-electron chi connectivity index (χ3n) is 2.97. The van der Waals surface area contributed by atoms with Crippen LogP contribution in [0.5, 0.6) is 5.75 Å². The van der Waals surface area contributed by atoms with Gasteiger partial charge in [-0.2, -0.15) is 0 Å². The molecular weight excluding hydrogens is 260 g/mol. The van der Waals surface area contributed by atoms with Gasteiger partial charge in [-0.05, 0) is 42.0 Å². The average Bonchev–Trinajstić information content (AvgIpc) is 2.42. The quantitative estimate of drug-likeness (QED) is 0.853. The fourth-order valence-electron chi connectivity index (χ4n) is 2.00. The van der Waals surface area contributed by atoms with Gasteiger partial charge in [-0.15, -0.1) is 6.42 Å². The number of hydrogen-bond acceptors (Lipinski definition) is 2. The Morgan fingerprint density at radius 2 is 1.90 bits per heavy atom. The van der Waals surface area contributed by atoms with Gasteiger partial charge < -0.3 is 10.0 Å². The molecule has 4 heteroatoms. The van der Waals surface area contributed by atoms with E-state index in [0.717, 1.165) is 0 Å². The first-order valence-corrected chi connectivity index (χ1v) is 5.96. The standard InChI is InChI=1S/C16H13F2NO/c1-3-12-6-9-15(13-4-7-14(20)8-5-13)19(11(12)2)10-16(17)18/h1,4-9,16,20H,2,10H2. The zero-order valence-electron chi connectivity index (χ0n) is 10.7. The van der Waals surface area contributed by atoms with Gasteiger partial charge in [0.25, 0.3) is 6.43 Å². The molecule has 0 aliphatic carbocycles. The van der Waals surface area contributed by atoms with Crippen molar-refractivity contribution in [1.82, 2.24) is 4.90 Å². The lowest BCUT2D eigenvalue weighted by Gasteiger charge is -2.31. The highest BCUT2D eigenvalue weighted by Gasteiger charge is 2.23. The average molecular weight is 273 g/mol. The van der Waals surface area contributed by atoms with Crippen molar-refractivity contribution < 1.29 is 13.9 Å². The molecule has 0 fully saturated rings. The van der Waals surface area contributed by atoms with E-state index in [9.17, 15) is 13.9 Å². The molecule has 0 radical (unpaired) electrons. The van der Waals surface area contributed by atoms with Gasteiger partial charge in [0, 0.05) is 17.0 Å². The molecule has 0 saturated carbocycles. The zero-order valence-corrected chi connectivity index (χ0v) is 10.7. The monoisotopic (exact) mass is 273 g/mol. The van der Waals surface area contributed by atoms with Crippen LogP contribution < -0.4 is 0 Å². The lowest BCUT2D eigenvalue weighted by molar-refractivity contribution is 0.123. The third kappa shape index (κ3) is 2.72. The molecule has 102 valence electrons. The van der Waals surface area contributed by atoms with E-state index in [1.54, 1.807) is 24.3 Å². The SMILES string of the molecule is C#CC1=CC=C(c2ccc(O)cc2)N(CC(F)F)C1=C. The molecule has 1 heterocycles. The van der Waals surface area contributed by atoms with E-state index >= 15 is 0 Å². The van der Waals surface area contributed by atoms with E-state index in [-0.39, 0.29) is 5.75 Å². The summed E-state index contributed by atoms with van der Waals surface area (Å²) in [5.41, 5.74) is 2.14. The number of phenols is 1. The van der Waals surface area contributed by atoms with Crippen molar-refractivity contribution in [2.24, 2.45) is 0 Å². The largest absolute Gasteiger partial charge is 0.508 e. The van der Waals surface area contributed by atoms with Crippen LogP contribution >= 0.6 is 0 Å². The predicted octanol–water partition coefficient (Wildman–Crippen LogP) is 3.39. The molecule has 20 heavy (non-hydrogen) atoms. The molecule has 1 aromatic carbocycles. The number of benzene rings is 1. The second-order valence-corrected chi connectivity index (χ2v) is 4.27. The van der Waals surface area contributed by atoms with Crippen LogP contribution in [0, 0.1) is 12.3 Å². The summed E-state index contributed by atoms with van der Waals surface area (Å²) in [5, 5.41) is 9.29. The van der Waals surface area contributed by atoms with Crippen LogP contribution in [0.15, 0.2) is 54.3 Å². The summed E-state index contributed by atoms with van der Waals surface area (Å²) in [5.74, 6) is 2.54. The number of allylic oxidation sites excluding steroid dienone is 3. The molecule has 0 aromatic heterocycles. The van der Waals surface area contributed by atoms with Crippen molar-refractivity contribution in [2.75, 3.05) is 6.54 Å². The van der Waals surface area contributed by atoms with E-state index in [0.29, 0.717) is 22.5 Å². The predicted molar refractivity (Wildman–Crippen MR) is 74.8 cm³/mol. The van der Waals surface area contributed by atoms with Gasteiger partial charge in [0.05, 0.1) is 6.54 Å². The molecule has 1 aromatic rings. The van der Waals surface area contributed by atoms with E-state index in [1.807, 2.05) is 0 Å². The summed E-state index contributed by atoms with van der Waals surface area (Å²) in [6.45, 7) is 3.30. The first-order chi connectivity index (χ1) is 9.52. The Bertz CT molecular complexity index is 621. The minimum Gasteiger partial charge on any atom is -0.508 e. The van der Waals surface area contributed by atoms with Crippen LogP contribution in [0.4, 0.5) is 8.78 Å². The minimum atomic E-state index is -2.51. The lowest BCUT2D eigenvalue weighted by atomic mass is 10.0. The van der Waals surface area contributed by atoms with E-state index in [2.05, 4.69) is 12.5 Å². The van der Waals surface area contributed by atoms with E-state index in [4.69, 9.17) is 6.42 Å². The molecule has 2 rings (SSSR count). The van der Waals surface area contributed by atoms with Crippen molar-refractivity contribution in [3.8, 4) is 18.1 Å². The molecule has 1 aliphatic heterocycles. The Morgan fingerprint density at radius 3 is 2.45 bits per heavy atom. The van der Waals surface area contributed by atoms with Crippen molar-refractivity contribution in [1.29, 1.82) is 0 Å². The van der Waals surface area contributed by atoms with Crippen LogP contribution in [0.2, 0.25) is 0 Å². The van der Waals surface area contributed by atoms with E-state index in [1.165, 1.54) is 17.0 Å². The van der Waals surface area contributed by atoms with Crippen LogP contribution in [-0.2, 0) is 0 Å². The van der Waals surface area contributed by atoms with Gasteiger partial charge in [0.2, 0.25) is 0 Å². The second-order valence-electron chi connectivity index (χ2n) is 4.27. The molecule has 0 unspecified atom stereocenters. The third-order valence-corrected chi connectivity index (χ3v) is 2.97. The number of phenolic OH excluding ortho intramolecular Hbond substituents is 1. The molecule has 0 bridgehead atoms. The summed E-state index contributed by atoms with van der Waals surface area (Å²) < 4.78 is 25.5. The highest BCUT2D eigenvalue weighted by Crippen LogP contribution is 2.31. The van der Waals surface area contributed by atoms with Gasteiger partial charge in [0.1, 0.15) is 5.75 Å². The van der Waals surface area contributed by atoms with Gasteiger partial charge in [0.15, 0.2) is 0 Å². The molecular formula is C16H13F2NO. The van der Waals surface area contributed by atoms with Crippen molar-refractivity contribution >= 4 is 5.70 Å². The number of aromatic hydroxyl groups is 1. The number of terminal acetylenes is 1. The van der Waals surface area contributed by atoms with E-state index < -0.39 is 13.0 Å². The Kier molecular flexibility index (Phi) is 3.90. The van der Waals surface area contributed by atoms with Crippen molar-refractivity contribution in [3.05, 3.63) is 59.8 Å². The van der Waals surface area contributed by atoms with Gasteiger partial charge in [-0.3, -0.25) is 0 Å². The first-order valence-electron chi connectivity index (χ1n) is 5.96. The number of alkyl halides is 2. The highest BCUT2D eigenvalue weighted by molar-refractivity contribution is 5.72. The maximum absolute atomic E-state index is 12.8. The van der Waals surface area contributed by atoms with Gasteiger partial charge in [-0.1, -0.05) is 12.5 Å². The molecule has 0 amide bonds. The van der Waals surface area contributed by atoms with Crippen LogP contribution in [0.1, 0.15) is 5.56 Å². The topological polar surface area (TPSA) is 23.5 Å². The zero-order chi connectivity index (χ0) is 14.7. The first kappa shape index (κ1) is 13.9. The van der Waals surface area contributed by atoms with Crippen LogP contribution in [0.25, 0.3) is 5.70 Å². The summed E-state index contributed by atoms with van der Waals surface area (Å²) >= 11 is 0. The summed E-state index contributed by atoms with van der Waals surface area (Å²) in [7, 11) is 0. The van der Waals surface area contributed by atoms with Gasteiger partial charge in [-0.25, -0.2) is 8.78 Å². The Labute approximate surface area is 116 Å². The fourth-order valence-corrected chi connectivity index (χ4v) is 2.00. The smallest absolute Gasteiger partial charge is 0.256 e. The summed E-state index contributed by atoms with van der Waals surface area (Å²) in [6, 6.07) is 6.31. The molecule has 0 spiro atoms. The fraction of sp³-hybridized carbons (Fsp3) is 0.125. The number of nitrogens with zero attached hydrogens (tertiary/aromatic N) is 1. The minimum absolute atomic E-state index is 0.115. The number of rotatable bonds is 3. The molecule has 1 aliphatic rings. The normalized spacial score (nSPS) is 14.9. The molecule has 2 nitrogen and oxygen atoms in total. The molecule has 0 atom stereocenters.